The van der Waals surface area contributed by atoms with Crippen molar-refractivity contribution in [2.75, 3.05) is 26.7 Å². The number of carbonyl (C=O) groups is 1. The number of carbonyl (C=O) groups excluding carboxylic acids is 1. The average molecular weight is 610 g/mol. The molecule has 44 heavy (non-hydrogen) atoms. The summed E-state index contributed by atoms with van der Waals surface area (Å²) in [6, 6.07) is 6.23. The number of halogens is 3. The van der Waals surface area contributed by atoms with E-state index in [1.807, 2.05) is 0 Å². The molecule has 9 heteroatoms. The van der Waals surface area contributed by atoms with E-state index in [2.05, 4.69) is 31.0 Å². The minimum atomic E-state index is -4.43. The molecule has 3 fully saturated rings. The van der Waals surface area contributed by atoms with Crippen LogP contribution in [0.4, 0.5) is 13.2 Å². The number of aromatic hydroxyl groups is 1. The second kappa shape index (κ2) is 10.3. The van der Waals surface area contributed by atoms with Crippen LogP contribution in [0.5, 0.6) is 17.2 Å². The predicted molar refractivity (Wildman–Crippen MR) is 158 cm³/mol. The number of hydrogen-bond donors (Lipinski definition) is 2. The number of piperidine rings is 1. The van der Waals surface area contributed by atoms with Crippen LogP contribution in [0, 0.1) is 29.6 Å². The molecule has 1 spiro atoms. The molecule has 234 valence electrons. The lowest BCUT2D eigenvalue weighted by Crippen LogP contribution is -2.75. The Morgan fingerprint density at radius 1 is 1.20 bits per heavy atom. The molecule has 2 aromatic rings. The second-order valence-electron chi connectivity index (χ2n) is 14.1. The highest BCUT2D eigenvalue weighted by Gasteiger charge is 2.70. The van der Waals surface area contributed by atoms with Crippen LogP contribution < -0.4 is 14.8 Å². The summed E-state index contributed by atoms with van der Waals surface area (Å²) in [7, 11) is 1.58. The number of nitrogens with one attached hydrogen (secondary N) is 1. The standard InChI is InChI=1S/C35H39F3N2O4/c1-20(2)18-40(19-22-4-5-22)15-14-34-25-11-12-26(39-30(42)13-8-21-6-9-23(10-7-21)35(36,37)38)33(34)44-32-29(43-3)17-28(41)24(31(32)34)16-27(25)40/h6-7,9-10,17,20,22,25-27,33H,4-5,11-12,14-16,18-19H2,1-3H3,(H-,39,41,42)/p+1/t25-,26+,27+,33-,34-,40?/m0/s1. The summed E-state index contributed by atoms with van der Waals surface area (Å²) >= 11 is 0. The first kappa shape index (κ1) is 29.3. The van der Waals surface area contributed by atoms with Gasteiger partial charge < -0.3 is 24.4 Å². The molecule has 3 aliphatic carbocycles. The zero-order valence-corrected chi connectivity index (χ0v) is 25.5. The molecule has 1 saturated heterocycles. The largest absolute Gasteiger partial charge is 0.508 e. The molecule has 2 N–H and O–H groups in total. The molecular weight excluding hydrogens is 569 g/mol. The SMILES string of the molecule is COc1cc(O)c2c3c1O[C@H]1[C@H](NC(=O)C#Cc4ccc(C(F)(F)F)cc4)CC[C@H]4[C@@H](C2)[N+](CC(C)C)(CC2CC2)CC[C@@]341. The second-order valence-corrected chi connectivity index (χ2v) is 14.1. The lowest BCUT2D eigenvalue weighted by Gasteiger charge is -2.63. The molecule has 1 amide bonds. The third kappa shape index (κ3) is 4.63. The number of hydrogen-bond acceptors (Lipinski definition) is 4. The molecule has 2 aromatic carbocycles. The number of likely N-dealkylation sites (tertiary alicyclic amines) is 1. The molecule has 0 radical (unpaired) electrons. The number of nitrogens with zero attached hydrogens (tertiary/aromatic N) is 1. The first-order chi connectivity index (χ1) is 20.9. The van der Waals surface area contributed by atoms with Gasteiger partial charge in [-0.25, -0.2) is 0 Å². The van der Waals surface area contributed by atoms with Gasteiger partial charge in [0.25, 0.3) is 5.91 Å². The third-order valence-electron chi connectivity index (χ3n) is 11.0. The summed E-state index contributed by atoms with van der Waals surface area (Å²) in [5.41, 5.74) is 1.28. The quantitative estimate of drug-likeness (QED) is 0.332. The summed E-state index contributed by atoms with van der Waals surface area (Å²) in [6.45, 7) is 7.99. The molecular formula is C35H40F3N2O4+. The minimum Gasteiger partial charge on any atom is -0.508 e. The monoisotopic (exact) mass is 609 g/mol. The van der Waals surface area contributed by atoms with Crippen molar-refractivity contribution in [3.63, 3.8) is 0 Å². The number of methoxy groups -OCH3 is 1. The van der Waals surface area contributed by atoms with Crippen molar-refractivity contribution < 1.29 is 37.0 Å². The Morgan fingerprint density at radius 3 is 2.61 bits per heavy atom. The van der Waals surface area contributed by atoms with E-state index < -0.39 is 17.6 Å². The molecule has 2 aliphatic heterocycles. The van der Waals surface area contributed by atoms with Crippen LogP contribution in [0.1, 0.15) is 68.2 Å². The van der Waals surface area contributed by atoms with Crippen molar-refractivity contribution in [2.24, 2.45) is 17.8 Å². The van der Waals surface area contributed by atoms with Crippen molar-refractivity contribution in [1.82, 2.24) is 5.32 Å². The highest BCUT2D eigenvalue weighted by Crippen LogP contribution is 2.66. The summed E-state index contributed by atoms with van der Waals surface area (Å²) in [5.74, 6) is 7.96. The summed E-state index contributed by atoms with van der Waals surface area (Å²) in [4.78, 5) is 13.1. The van der Waals surface area contributed by atoms with Gasteiger partial charge in [0.1, 0.15) is 11.9 Å². The van der Waals surface area contributed by atoms with E-state index in [1.54, 1.807) is 13.2 Å². The number of phenols is 1. The van der Waals surface area contributed by atoms with Gasteiger partial charge in [-0.15, -0.1) is 0 Å². The number of quaternary nitrogens is 1. The predicted octanol–water partition coefficient (Wildman–Crippen LogP) is 5.58. The maximum atomic E-state index is 13.1. The number of alkyl halides is 3. The molecule has 1 unspecified atom stereocenters. The van der Waals surface area contributed by atoms with E-state index in [4.69, 9.17) is 9.47 Å². The Kier molecular flexibility index (Phi) is 6.89. The maximum absolute atomic E-state index is 13.1. The molecule has 7 rings (SSSR count). The Hall–Kier alpha value is -3.38. The number of ether oxygens (including phenoxy) is 2. The smallest absolute Gasteiger partial charge is 0.416 e. The van der Waals surface area contributed by atoms with Crippen LogP contribution >= 0.6 is 0 Å². The van der Waals surface area contributed by atoms with E-state index in [-0.39, 0.29) is 23.3 Å². The number of benzene rings is 2. The van der Waals surface area contributed by atoms with E-state index in [0.29, 0.717) is 34.9 Å². The molecule has 6 atom stereocenters. The molecule has 2 heterocycles. The molecule has 5 aliphatic rings. The van der Waals surface area contributed by atoms with Crippen LogP contribution in [0.2, 0.25) is 0 Å². The van der Waals surface area contributed by atoms with E-state index in [0.717, 1.165) is 72.4 Å². The van der Waals surface area contributed by atoms with Gasteiger partial charge in [0.2, 0.25) is 0 Å². The number of rotatable bonds is 6. The fourth-order valence-electron chi connectivity index (χ4n) is 9.39. The topological polar surface area (TPSA) is 67.8 Å². The van der Waals surface area contributed by atoms with Crippen LogP contribution in [0.15, 0.2) is 30.3 Å². The Morgan fingerprint density at radius 2 is 1.95 bits per heavy atom. The summed E-state index contributed by atoms with van der Waals surface area (Å²) < 4.78 is 52.4. The van der Waals surface area contributed by atoms with Gasteiger partial charge in [-0.1, -0.05) is 19.8 Å². The van der Waals surface area contributed by atoms with Crippen molar-refractivity contribution in [2.45, 2.75) is 82.2 Å². The van der Waals surface area contributed by atoms with Crippen LogP contribution in [0.3, 0.4) is 0 Å². The summed E-state index contributed by atoms with van der Waals surface area (Å²) in [6.07, 6.45) is 1.25. The molecule has 0 aromatic heterocycles. The average Bonchev–Trinajstić information content (AvgIpc) is 3.72. The fourth-order valence-corrected chi connectivity index (χ4v) is 9.39. The van der Waals surface area contributed by atoms with E-state index in [1.165, 1.54) is 31.5 Å². The van der Waals surface area contributed by atoms with Gasteiger partial charge in [-0.2, -0.15) is 13.2 Å². The van der Waals surface area contributed by atoms with Crippen molar-refractivity contribution in [3.8, 4) is 29.1 Å². The Bertz CT molecular complexity index is 1530. The highest BCUT2D eigenvalue weighted by atomic mass is 19.4. The van der Waals surface area contributed by atoms with Gasteiger partial charge >= 0.3 is 6.18 Å². The van der Waals surface area contributed by atoms with Crippen molar-refractivity contribution in [1.29, 1.82) is 0 Å². The van der Waals surface area contributed by atoms with Gasteiger partial charge in [0.15, 0.2) is 11.5 Å². The zero-order valence-electron chi connectivity index (χ0n) is 25.5. The van der Waals surface area contributed by atoms with E-state index in [9.17, 15) is 23.1 Å². The highest BCUT2D eigenvalue weighted by molar-refractivity contribution is 5.94. The first-order valence-corrected chi connectivity index (χ1v) is 15.9. The fraction of sp³-hybridized carbons (Fsp3) is 0.571. The van der Waals surface area contributed by atoms with Crippen LogP contribution in [-0.2, 0) is 22.8 Å². The van der Waals surface area contributed by atoms with Crippen LogP contribution in [0.25, 0.3) is 0 Å². The van der Waals surface area contributed by atoms with Gasteiger partial charge in [-0.05, 0) is 49.9 Å². The minimum absolute atomic E-state index is 0.261. The zero-order chi connectivity index (χ0) is 31.0. The summed E-state index contributed by atoms with van der Waals surface area (Å²) in [5, 5.41) is 14.5. The third-order valence-corrected chi connectivity index (χ3v) is 11.0. The Labute approximate surface area is 256 Å². The first-order valence-electron chi connectivity index (χ1n) is 15.9. The molecule has 2 saturated carbocycles. The molecule has 6 nitrogen and oxygen atoms in total. The van der Waals surface area contributed by atoms with Crippen molar-refractivity contribution >= 4 is 5.91 Å². The number of amides is 1. The normalized spacial score (nSPS) is 31.4. The molecule has 2 bridgehead atoms. The maximum Gasteiger partial charge on any atom is 0.416 e. The van der Waals surface area contributed by atoms with Gasteiger partial charge in [-0.3, -0.25) is 4.79 Å². The van der Waals surface area contributed by atoms with Crippen LogP contribution in [-0.4, -0.2) is 60.4 Å². The lowest BCUT2D eigenvalue weighted by atomic mass is 9.50. The van der Waals surface area contributed by atoms with Gasteiger partial charge in [0.05, 0.1) is 49.8 Å². The van der Waals surface area contributed by atoms with Gasteiger partial charge in [0, 0.05) is 59.3 Å². The Balaban J connectivity index is 1.22. The number of phenolic OH excluding ortho intramolecular Hbond substituents is 1. The van der Waals surface area contributed by atoms with Crippen molar-refractivity contribution in [3.05, 3.63) is 52.6 Å². The lowest BCUT2D eigenvalue weighted by molar-refractivity contribution is -0.966. The van der Waals surface area contributed by atoms with E-state index >= 15 is 0 Å².